The Bertz CT molecular complexity index is 549. The van der Waals surface area contributed by atoms with Crippen LogP contribution in [0, 0.1) is 13.8 Å². The molecule has 0 bridgehead atoms. The number of hydrogen-bond acceptors (Lipinski definition) is 3. The summed E-state index contributed by atoms with van der Waals surface area (Å²) in [6.45, 7) is 7.35. The van der Waals surface area contributed by atoms with Gasteiger partial charge in [0.15, 0.2) is 0 Å². The molecular weight excluding hydrogens is 234 g/mol. The summed E-state index contributed by atoms with van der Waals surface area (Å²) in [4.78, 5) is 4.31. The second-order valence-electron chi connectivity index (χ2n) is 4.73. The normalized spacial score (nSPS) is 10.3. The van der Waals surface area contributed by atoms with E-state index in [0.29, 0.717) is 0 Å². The van der Waals surface area contributed by atoms with Crippen LogP contribution in [0.15, 0.2) is 36.5 Å². The molecule has 0 aliphatic rings. The first-order chi connectivity index (χ1) is 9.20. The Morgan fingerprint density at radius 2 is 2.00 bits per heavy atom. The van der Waals surface area contributed by atoms with Gasteiger partial charge in [-0.1, -0.05) is 19.1 Å². The lowest BCUT2D eigenvalue weighted by atomic mass is 10.1. The number of hydrogen-bond donors (Lipinski definition) is 2. The molecule has 0 saturated heterocycles. The molecule has 2 N–H and O–H groups in total. The van der Waals surface area contributed by atoms with E-state index in [2.05, 4.69) is 54.6 Å². The van der Waals surface area contributed by atoms with Gasteiger partial charge in [-0.15, -0.1) is 0 Å². The fourth-order valence-electron chi connectivity index (χ4n) is 1.90. The van der Waals surface area contributed by atoms with Gasteiger partial charge in [0, 0.05) is 30.2 Å². The molecular formula is C16H21N3. The number of nitrogens with zero attached hydrogens (tertiary/aromatic N) is 1. The number of anilines is 3. The van der Waals surface area contributed by atoms with E-state index < -0.39 is 0 Å². The SMILES string of the molecule is CCCNc1cc(Nc2cccc(C)c2C)ccn1. The molecule has 2 rings (SSSR count). The average Bonchev–Trinajstić information content (AvgIpc) is 2.42. The molecule has 0 amide bonds. The molecule has 0 fully saturated rings. The van der Waals surface area contributed by atoms with Gasteiger partial charge in [-0.25, -0.2) is 4.98 Å². The topological polar surface area (TPSA) is 37.0 Å². The van der Waals surface area contributed by atoms with Crippen LogP contribution in [0.25, 0.3) is 0 Å². The van der Waals surface area contributed by atoms with E-state index in [0.717, 1.165) is 30.2 Å². The van der Waals surface area contributed by atoms with E-state index in [1.54, 1.807) is 0 Å². The van der Waals surface area contributed by atoms with E-state index in [9.17, 15) is 0 Å². The maximum absolute atomic E-state index is 4.31. The Hall–Kier alpha value is -2.03. The van der Waals surface area contributed by atoms with Crippen molar-refractivity contribution in [2.75, 3.05) is 17.2 Å². The number of pyridine rings is 1. The summed E-state index contributed by atoms with van der Waals surface area (Å²) in [5.41, 5.74) is 4.78. The van der Waals surface area contributed by atoms with Crippen molar-refractivity contribution in [1.82, 2.24) is 4.98 Å². The van der Waals surface area contributed by atoms with Crippen LogP contribution in [0.3, 0.4) is 0 Å². The summed E-state index contributed by atoms with van der Waals surface area (Å²) in [5.74, 6) is 0.914. The van der Waals surface area contributed by atoms with Gasteiger partial charge in [-0.2, -0.15) is 0 Å². The lowest BCUT2D eigenvalue weighted by molar-refractivity contribution is 0.969. The lowest BCUT2D eigenvalue weighted by Crippen LogP contribution is -2.02. The lowest BCUT2D eigenvalue weighted by Gasteiger charge is -2.12. The number of rotatable bonds is 5. The zero-order chi connectivity index (χ0) is 13.7. The van der Waals surface area contributed by atoms with Crippen LogP contribution in [-0.2, 0) is 0 Å². The van der Waals surface area contributed by atoms with E-state index in [-0.39, 0.29) is 0 Å². The third-order valence-electron chi connectivity index (χ3n) is 3.20. The Morgan fingerprint density at radius 3 is 2.79 bits per heavy atom. The van der Waals surface area contributed by atoms with Crippen molar-refractivity contribution >= 4 is 17.2 Å². The van der Waals surface area contributed by atoms with Gasteiger partial charge in [-0.3, -0.25) is 0 Å². The molecule has 1 aromatic carbocycles. The van der Waals surface area contributed by atoms with Crippen LogP contribution < -0.4 is 10.6 Å². The second-order valence-corrected chi connectivity index (χ2v) is 4.73. The predicted octanol–water partition coefficient (Wildman–Crippen LogP) is 4.26. The van der Waals surface area contributed by atoms with Gasteiger partial charge in [0.25, 0.3) is 0 Å². The highest BCUT2D eigenvalue weighted by Crippen LogP contribution is 2.23. The smallest absolute Gasteiger partial charge is 0.127 e. The summed E-state index contributed by atoms with van der Waals surface area (Å²) in [7, 11) is 0. The van der Waals surface area contributed by atoms with Gasteiger partial charge in [-0.05, 0) is 43.5 Å². The molecule has 0 unspecified atom stereocenters. The molecule has 0 aliphatic carbocycles. The Balaban J connectivity index is 2.16. The molecule has 19 heavy (non-hydrogen) atoms. The Labute approximate surface area is 115 Å². The molecule has 0 aliphatic heterocycles. The van der Waals surface area contributed by atoms with E-state index in [1.165, 1.54) is 11.1 Å². The van der Waals surface area contributed by atoms with Crippen molar-refractivity contribution < 1.29 is 0 Å². The highest BCUT2D eigenvalue weighted by Gasteiger charge is 2.02. The third-order valence-corrected chi connectivity index (χ3v) is 3.20. The number of nitrogens with one attached hydrogen (secondary N) is 2. The van der Waals surface area contributed by atoms with Gasteiger partial charge < -0.3 is 10.6 Å². The fourth-order valence-corrected chi connectivity index (χ4v) is 1.90. The maximum Gasteiger partial charge on any atom is 0.127 e. The predicted molar refractivity (Wildman–Crippen MR) is 82.2 cm³/mol. The second kappa shape index (κ2) is 6.23. The van der Waals surface area contributed by atoms with E-state index >= 15 is 0 Å². The van der Waals surface area contributed by atoms with Crippen LogP contribution in [-0.4, -0.2) is 11.5 Å². The molecule has 1 heterocycles. The van der Waals surface area contributed by atoms with Crippen molar-refractivity contribution in [3.05, 3.63) is 47.7 Å². The number of benzene rings is 1. The first-order valence-electron chi connectivity index (χ1n) is 6.74. The standard InChI is InChI=1S/C16H21N3/c1-4-9-17-16-11-14(8-10-18-16)19-15-7-5-6-12(2)13(15)3/h5-8,10-11H,4,9H2,1-3H3,(H2,17,18,19). The van der Waals surface area contributed by atoms with Gasteiger partial charge in [0.1, 0.15) is 5.82 Å². The third kappa shape index (κ3) is 3.47. The van der Waals surface area contributed by atoms with Crippen molar-refractivity contribution in [2.45, 2.75) is 27.2 Å². The fraction of sp³-hybridized carbons (Fsp3) is 0.312. The maximum atomic E-state index is 4.31. The minimum Gasteiger partial charge on any atom is -0.370 e. The zero-order valence-corrected chi connectivity index (χ0v) is 11.8. The molecule has 0 spiro atoms. The Morgan fingerprint density at radius 1 is 1.16 bits per heavy atom. The van der Waals surface area contributed by atoms with E-state index in [4.69, 9.17) is 0 Å². The van der Waals surface area contributed by atoms with Crippen LogP contribution in [0.5, 0.6) is 0 Å². The summed E-state index contributed by atoms with van der Waals surface area (Å²) in [6, 6.07) is 10.3. The highest BCUT2D eigenvalue weighted by atomic mass is 15.0. The van der Waals surface area contributed by atoms with Crippen molar-refractivity contribution in [3.63, 3.8) is 0 Å². The summed E-state index contributed by atoms with van der Waals surface area (Å²) < 4.78 is 0. The molecule has 0 saturated carbocycles. The zero-order valence-electron chi connectivity index (χ0n) is 11.8. The quantitative estimate of drug-likeness (QED) is 0.838. The molecule has 3 heteroatoms. The summed E-state index contributed by atoms with van der Waals surface area (Å²) in [6.07, 6.45) is 2.92. The monoisotopic (exact) mass is 255 g/mol. The van der Waals surface area contributed by atoms with Gasteiger partial charge in [0.2, 0.25) is 0 Å². The number of aromatic nitrogens is 1. The van der Waals surface area contributed by atoms with Crippen LogP contribution in [0.4, 0.5) is 17.2 Å². The first kappa shape index (κ1) is 13.4. The van der Waals surface area contributed by atoms with Gasteiger partial charge in [0.05, 0.1) is 0 Å². The minimum atomic E-state index is 0.914. The van der Waals surface area contributed by atoms with Crippen LogP contribution >= 0.6 is 0 Å². The van der Waals surface area contributed by atoms with Crippen LogP contribution in [0.2, 0.25) is 0 Å². The molecule has 0 atom stereocenters. The van der Waals surface area contributed by atoms with Crippen molar-refractivity contribution in [3.8, 4) is 0 Å². The van der Waals surface area contributed by atoms with Crippen LogP contribution in [0.1, 0.15) is 24.5 Å². The molecule has 1 aromatic heterocycles. The first-order valence-corrected chi connectivity index (χ1v) is 6.74. The van der Waals surface area contributed by atoms with Crippen molar-refractivity contribution in [2.24, 2.45) is 0 Å². The molecule has 2 aromatic rings. The summed E-state index contributed by atoms with van der Waals surface area (Å²) >= 11 is 0. The summed E-state index contributed by atoms with van der Waals surface area (Å²) in [5, 5.41) is 6.75. The molecule has 3 nitrogen and oxygen atoms in total. The number of aryl methyl sites for hydroxylation is 1. The molecule has 0 radical (unpaired) electrons. The van der Waals surface area contributed by atoms with E-state index in [1.807, 2.05) is 18.3 Å². The largest absolute Gasteiger partial charge is 0.370 e. The van der Waals surface area contributed by atoms with Crippen molar-refractivity contribution in [1.29, 1.82) is 0 Å². The van der Waals surface area contributed by atoms with Gasteiger partial charge >= 0.3 is 0 Å². The average molecular weight is 255 g/mol. The minimum absolute atomic E-state index is 0.914. The Kier molecular flexibility index (Phi) is 4.39. The molecule has 100 valence electrons. The highest BCUT2D eigenvalue weighted by molar-refractivity contribution is 5.66.